The number of nitrogens with two attached hydrogens (primary N) is 1. The second-order valence-corrected chi connectivity index (χ2v) is 6.67. The molecule has 2 atom stereocenters. The Balaban J connectivity index is 0.00000208. The number of rotatable bonds is 4. The molecule has 1 aromatic carbocycles. The first-order valence-corrected chi connectivity index (χ1v) is 8.50. The minimum atomic E-state index is -0.0573. The predicted octanol–water partition coefficient (Wildman–Crippen LogP) is 1.63. The fraction of sp³-hybridized carbons (Fsp3) is 0.556. The molecule has 1 aromatic rings. The summed E-state index contributed by atoms with van der Waals surface area (Å²) in [6.07, 6.45) is 4.45. The van der Waals surface area contributed by atoms with Gasteiger partial charge in [0.1, 0.15) is 0 Å². The number of halogens is 1. The van der Waals surface area contributed by atoms with Crippen LogP contribution in [0.4, 0.5) is 0 Å². The van der Waals surface area contributed by atoms with Crippen molar-refractivity contribution < 1.29 is 9.59 Å². The van der Waals surface area contributed by atoms with Crippen molar-refractivity contribution in [1.29, 1.82) is 0 Å². The van der Waals surface area contributed by atoms with Crippen molar-refractivity contribution in [3.8, 4) is 0 Å². The van der Waals surface area contributed by atoms with Crippen LogP contribution in [0.15, 0.2) is 24.3 Å². The average molecular weight is 352 g/mol. The molecule has 1 aliphatic heterocycles. The van der Waals surface area contributed by atoms with Gasteiger partial charge in [0, 0.05) is 25.6 Å². The van der Waals surface area contributed by atoms with Gasteiger partial charge in [-0.2, -0.15) is 0 Å². The number of carbonyl (C=O) groups excluding carboxylic acids is 2. The Morgan fingerprint density at radius 1 is 1.21 bits per heavy atom. The third-order valence-electron chi connectivity index (χ3n) is 5.09. The van der Waals surface area contributed by atoms with Crippen LogP contribution in [0.2, 0.25) is 0 Å². The zero-order valence-corrected chi connectivity index (χ0v) is 14.7. The summed E-state index contributed by atoms with van der Waals surface area (Å²) in [7, 11) is 0. The first-order valence-electron chi connectivity index (χ1n) is 8.50. The van der Waals surface area contributed by atoms with E-state index in [4.69, 9.17) is 5.73 Å². The molecule has 0 aromatic heterocycles. The van der Waals surface area contributed by atoms with E-state index in [1.807, 2.05) is 17.0 Å². The van der Waals surface area contributed by atoms with E-state index in [9.17, 15) is 9.59 Å². The van der Waals surface area contributed by atoms with Crippen molar-refractivity contribution in [2.45, 2.75) is 44.7 Å². The van der Waals surface area contributed by atoms with E-state index in [0.29, 0.717) is 13.0 Å². The standard InChI is InChI=1S/C18H25N3O2.ClH/c19-16-7-3-6-14(16)10-17(22)20-11-18(23)21-9-8-13-4-1-2-5-15(13)12-21;/h1-2,4-5,14,16H,3,6-12,19H2,(H,20,22);1H/t14-,16+;/m0./s1. The summed E-state index contributed by atoms with van der Waals surface area (Å²) in [5.74, 6) is 0.202. The van der Waals surface area contributed by atoms with Crippen molar-refractivity contribution in [2.75, 3.05) is 13.1 Å². The molecule has 1 saturated carbocycles. The maximum Gasteiger partial charge on any atom is 0.242 e. The number of fused-ring (bicyclic) bond motifs is 1. The van der Waals surface area contributed by atoms with Gasteiger partial charge < -0.3 is 16.0 Å². The van der Waals surface area contributed by atoms with Crippen molar-refractivity contribution in [1.82, 2.24) is 10.2 Å². The first kappa shape index (κ1) is 18.7. The van der Waals surface area contributed by atoms with Crippen LogP contribution in [0.1, 0.15) is 36.8 Å². The Hall–Kier alpha value is -1.59. The minimum absolute atomic E-state index is 0. The second-order valence-electron chi connectivity index (χ2n) is 6.67. The molecule has 0 spiro atoms. The molecule has 0 saturated heterocycles. The Morgan fingerprint density at radius 2 is 1.96 bits per heavy atom. The number of amides is 2. The predicted molar refractivity (Wildman–Crippen MR) is 95.8 cm³/mol. The molecule has 1 heterocycles. The molecule has 1 fully saturated rings. The quantitative estimate of drug-likeness (QED) is 0.865. The first-order chi connectivity index (χ1) is 11.1. The molecule has 24 heavy (non-hydrogen) atoms. The Labute approximate surface area is 149 Å². The largest absolute Gasteiger partial charge is 0.347 e. The van der Waals surface area contributed by atoms with Gasteiger partial charge in [-0.05, 0) is 36.3 Å². The van der Waals surface area contributed by atoms with Gasteiger partial charge in [-0.25, -0.2) is 0 Å². The molecule has 0 unspecified atom stereocenters. The molecule has 2 amide bonds. The molecule has 6 heteroatoms. The lowest BCUT2D eigenvalue weighted by molar-refractivity contribution is -0.133. The number of nitrogens with one attached hydrogen (secondary N) is 1. The summed E-state index contributed by atoms with van der Waals surface area (Å²) in [5, 5.41) is 2.77. The summed E-state index contributed by atoms with van der Waals surface area (Å²) in [5.41, 5.74) is 8.51. The third kappa shape index (κ3) is 4.48. The van der Waals surface area contributed by atoms with E-state index in [-0.39, 0.29) is 42.7 Å². The Morgan fingerprint density at radius 3 is 2.67 bits per heavy atom. The van der Waals surface area contributed by atoms with Crippen LogP contribution in [0.5, 0.6) is 0 Å². The smallest absolute Gasteiger partial charge is 0.242 e. The lowest BCUT2D eigenvalue weighted by Crippen LogP contribution is -2.43. The average Bonchev–Trinajstić information content (AvgIpc) is 2.97. The minimum Gasteiger partial charge on any atom is -0.347 e. The third-order valence-corrected chi connectivity index (χ3v) is 5.09. The highest BCUT2D eigenvalue weighted by Crippen LogP contribution is 2.26. The summed E-state index contributed by atoms with van der Waals surface area (Å²) in [6.45, 7) is 1.44. The molecular formula is C18H26ClN3O2. The number of nitrogens with zero attached hydrogens (tertiary/aromatic N) is 1. The Bertz CT molecular complexity index is 593. The van der Waals surface area contributed by atoms with E-state index in [2.05, 4.69) is 17.4 Å². The second kappa shape index (κ2) is 8.49. The van der Waals surface area contributed by atoms with E-state index in [1.165, 1.54) is 11.1 Å². The van der Waals surface area contributed by atoms with E-state index in [1.54, 1.807) is 0 Å². The monoisotopic (exact) mass is 351 g/mol. The van der Waals surface area contributed by atoms with Gasteiger partial charge in [0.2, 0.25) is 11.8 Å². The van der Waals surface area contributed by atoms with Gasteiger partial charge in [-0.1, -0.05) is 30.7 Å². The highest BCUT2D eigenvalue weighted by Gasteiger charge is 2.26. The lowest BCUT2D eigenvalue weighted by Gasteiger charge is -2.29. The summed E-state index contributed by atoms with van der Waals surface area (Å²) in [4.78, 5) is 26.1. The number of benzene rings is 1. The van der Waals surface area contributed by atoms with Gasteiger partial charge in [0.25, 0.3) is 0 Å². The molecule has 0 bridgehead atoms. The molecule has 3 rings (SSSR count). The highest BCUT2D eigenvalue weighted by atomic mass is 35.5. The van der Waals surface area contributed by atoms with Gasteiger partial charge in [0.15, 0.2) is 0 Å². The van der Waals surface area contributed by atoms with Crippen LogP contribution in [-0.4, -0.2) is 35.8 Å². The molecule has 3 N–H and O–H groups in total. The van der Waals surface area contributed by atoms with Crippen molar-refractivity contribution in [2.24, 2.45) is 11.7 Å². The van der Waals surface area contributed by atoms with Gasteiger partial charge in [0.05, 0.1) is 6.54 Å². The van der Waals surface area contributed by atoms with Crippen LogP contribution in [0, 0.1) is 5.92 Å². The lowest BCUT2D eigenvalue weighted by atomic mass is 9.99. The van der Waals surface area contributed by atoms with Gasteiger partial charge >= 0.3 is 0 Å². The van der Waals surface area contributed by atoms with E-state index in [0.717, 1.165) is 32.2 Å². The molecular weight excluding hydrogens is 326 g/mol. The maximum absolute atomic E-state index is 12.3. The SMILES string of the molecule is Cl.N[C@@H]1CCC[C@H]1CC(=O)NCC(=O)N1CCc2ccccc2C1. The van der Waals surface area contributed by atoms with Crippen LogP contribution < -0.4 is 11.1 Å². The summed E-state index contributed by atoms with van der Waals surface area (Å²) in [6, 6.07) is 8.34. The molecule has 132 valence electrons. The summed E-state index contributed by atoms with van der Waals surface area (Å²) < 4.78 is 0. The van der Waals surface area contributed by atoms with E-state index >= 15 is 0 Å². The number of hydrogen-bond donors (Lipinski definition) is 2. The van der Waals surface area contributed by atoms with Crippen LogP contribution in [-0.2, 0) is 22.6 Å². The molecule has 2 aliphatic rings. The van der Waals surface area contributed by atoms with Gasteiger partial charge in [-0.3, -0.25) is 9.59 Å². The van der Waals surface area contributed by atoms with Crippen molar-refractivity contribution >= 4 is 24.2 Å². The maximum atomic E-state index is 12.3. The summed E-state index contributed by atoms with van der Waals surface area (Å²) >= 11 is 0. The fourth-order valence-electron chi connectivity index (χ4n) is 3.62. The zero-order valence-electron chi connectivity index (χ0n) is 13.9. The molecule has 5 nitrogen and oxygen atoms in total. The fourth-order valence-corrected chi connectivity index (χ4v) is 3.62. The van der Waals surface area contributed by atoms with Crippen LogP contribution in [0.25, 0.3) is 0 Å². The highest BCUT2D eigenvalue weighted by molar-refractivity contribution is 5.85. The van der Waals surface area contributed by atoms with Crippen LogP contribution >= 0.6 is 12.4 Å². The van der Waals surface area contributed by atoms with Crippen LogP contribution in [0.3, 0.4) is 0 Å². The normalized spacial score (nSPS) is 22.5. The Kier molecular flexibility index (Phi) is 6.63. The van der Waals surface area contributed by atoms with Gasteiger partial charge in [-0.15, -0.1) is 12.4 Å². The molecule has 1 aliphatic carbocycles. The zero-order chi connectivity index (χ0) is 16.2. The number of hydrogen-bond acceptors (Lipinski definition) is 3. The number of carbonyl (C=O) groups is 2. The van der Waals surface area contributed by atoms with Crippen molar-refractivity contribution in [3.63, 3.8) is 0 Å². The molecule has 0 radical (unpaired) electrons. The van der Waals surface area contributed by atoms with E-state index < -0.39 is 0 Å². The topological polar surface area (TPSA) is 75.4 Å². The van der Waals surface area contributed by atoms with Crippen molar-refractivity contribution in [3.05, 3.63) is 35.4 Å².